The molecule has 1 amide bonds. The molecule has 0 bridgehead atoms. The minimum absolute atomic E-state index is 0.0667. The summed E-state index contributed by atoms with van der Waals surface area (Å²) >= 11 is 0. The van der Waals surface area contributed by atoms with E-state index >= 15 is 0 Å². The number of nitrogens with one attached hydrogen (secondary N) is 1. The number of hydrogen-bond donors (Lipinski definition) is 1. The Morgan fingerprint density at radius 2 is 1.29 bits per heavy atom. The van der Waals surface area contributed by atoms with Gasteiger partial charge < -0.3 is 4.90 Å². The summed E-state index contributed by atoms with van der Waals surface area (Å²) in [6.07, 6.45) is 0.916. The molecule has 3 rings (SSSR count). The number of nitrogens with zero attached hydrogens (tertiary/aromatic N) is 1. The van der Waals surface area contributed by atoms with E-state index in [1.807, 2.05) is 65.6 Å². The third kappa shape index (κ3) is 6.77. The van der Waals surface area contributed by atoms with Crippen LogP contribution in [0.3, 0.4) is 0 Å². The Hall–Kier alpha value is -2.96. The molecule has 0 spiro atoms. The topological polar surface area (TPSA) is 66.5 Å². The van der Waals surface area contributed by atoms with Gasteiger partial charge in [-0.2, -0.15) is 0 Å². The van der Waals surface area contributed by atoms with Crippen LogP contribution in [0, 0.1) is 0 Å². The summed E-state index contributed by atoms with van der Waals surface area (Å²) in [5, 5.41) is 0. The standard InChI is InChI=1S/C25H28N2O3S/c1-2-26-31(29,30)24-16-13-21(14-17-24)15-18-25(28)27(19-22-9-5-3-6-10-22)20-23-11-7-4-8-12-23/h3-14,16-17,26H,2,15,18-20H2,1H3. The summed E-state index contributed by atoms with van der Waals surface area (Å²) in [5.74, 6) is 0.0667. The van der Waals surface area contributed by atoms with Gasteiger partial charge in [-0.3, -0.25) is 4.79 Å². The second kappa shape index (κ2) is 10.9. The van der Waals surface area contributed by atoms with E-state index in [-0.39, 0.29) is 10.8 Å². The Balaban J connectivity index is 1.67. The lowest BCUT2D eigenvalue weighted by Gasteiger charge is -2.23. The summed E-state index contributed by atoms with van der Waals surface area (Å²) in [6.45, 7) is 3.19. The molecule has 1 N–H and O–H groups in total. The lowest BCUT2D eigenvalue weighted by atomic mass is 10.1. The zero-order valence-electron chi connectivity index (χ0n) is 17.7. The largest absolute Gasteiger partial charge is 0.334 e. The van der Waals surface area contributed by atoms with Crippen LogP contribution in [0.2, 0.25) is 0 Å². The summed E-state index contributed by atoms with van der Waals surface area (Å²) in [6, 6.07) is 26.6. The molecule has 0 fully saturated rings. The molecule has 0 aliphatic heterocycles. The third-order valence-electron chi connectivity index (χ3n) is 4.98. The minimum atomic E-state index is -3.47. The van der Waals surface area contributed by atoms with Gasteiger partial charge in [-0.05, 0) is 35.2 Å². The molecule has 0 aliphatic rings. The molecule has 31 heavy (non-hydrogen) atoms. The molecular formula is C25H28N2O3S. The summed E-state index contributed by atoms with van der Waals surface area (Å²) in [5.41, 5.74) is 3.11. The second-order valence-electron chi connectivity index (χ2n) is 7.37. The van der Waals surface area contributed by atoms with Gasteiger partial charge in [0.15, 0.2) is 0 Å². The first-order valence-corrected chi connectivity index (χ1v) is 11.9. The molecular weight excluding hydrogens is 408 g/mol. The van der Waals surface area contributed by atoms with Crippen LogP contribution in [0.15, 0.2) is 89.8 Å². The van der Waals surface area contributed by atoms with Crippen LogP contribution in [0.25, 0.3) is 0 Å². The summed E-state index contributed by atoms with van der Waals surface area (Å²) in [4.78, 5) is 15.2. The molecule has 0 atom stereocenters. The van der Waals surface area contributed by atoms with Crippen LogP contribution in [0.1, 0.15) is 30.0 Å². The van der Waals surface area contributed by atoms with E-state index < -0.39 is 10.0 Å². The van der Waals surface area contributed by atoms with E-state index in [9.17, 15) is 13.2 Å². The van der Waals surface area contributed by atoms with E-state index in [1.54, 1.807) is 31.2 Å². The number of hydrogen-bond acceptors (Lipinski definition) is 3. The van der Waals surface area contributed by atoms with Gasteiger partial charge in [-0.15, -0.1) is 0 Å². The monoisotopic (exact) mass is 436 g/mol. The Bertz CT molecular complexity index is 1030. The van der Waals surface area contributed by atoms with Crippen molar-refractivity contribution in [2.75, 3.05) is 6.54 Å². The summed E-state index contributed by atoms with van der Waals surface area (Å²) < 4.78 is 26.6. The van der Waals surface area contributed by atoms with Gasteiger partial charge >= 0.3 is 0 Å². The van der Waals surface area contributed by atoms with Crippen molar-refractivity contribution in [1.29, 1.82) is 0 Å². The van der Waals surface area contributed by atoms with Gasteiger partial charge in [0.2, 0.25) is 15.9 Å². The average molecular weight is 437 g/mol. The van der Waals surface area contributed by atoms with Gasteiger partial charge in [0.25, 0.3) is 0 Å². The predicted octanol–water partition coefficient (Wildman–Crippen LogP) is 4.15. The molecule has 0 saturated carbocycles. The highest BCUT2D eigenvalue weighted by molar-refractivity contribution is 7.89. The molecule has 0 radical (unpaired) electrons. The highest BCUT2D eigenvalue weighted by atomic mass is 32.2. The average Bonchev–Trinajstić information content (AvgIpc) is 2.79. The first-order chi connectivity index (χ1) is 15.0. The van der Waals surface area contributed by atoms with Crippen molar-refractivity contribution in [2.45, 2.75) is 37.8 Å². The van der Waals surface area contributed by atoms with Crippen LogP contribution in [0.5, 0.6) is 0 Å². The van der Waals surface area contributed by atoms with E-state index in [4.69, 9.17) is 0 Å². The highest BCUT2D eigenvalue weighted by Gasteiger charge is 2.16. The maximum atomic E-state index is 13.1. The van der Waals surface area contributed by atoms with Crippen molar-refractivity contribution in [3.8, 4) is 0 Å². The molecule has 0 saturated heterocycles. The maximum Gasteiger partial charge on any atom is 0.240 e. The van der Waals surface area contributed by atoms with Gasteiger partial charge in [0.1, 0.15) is 0 Å². The van der Waals surface area contributed by atoms with Crippen LogP contribution in [-0.4, -0.2) is 25.8 Å². The second-order valence-corrected chi connectivity index (χ2v) is 9.13. The molecule has 0 unspecified atom stereocenters. The Kier molecular flexibility index (Phi) is 7.98. The van der Waals surface area contributed by atoms with Gasteiger partial charge in [-0.1, -0.05) is 79.7 Å². The highest BCUT2D eigenvalue weighted by Crippen LogP contribution is 2.15. The lowest BCUT2D eigenvalue weighted by molar-refractivity contribution is -0.132. The fourth-order valence-electron chi connectivity index (χ4n) is 3.36. The fraction of sp³-hybridized carbons (Fsp3) is 0.240. The van der Waals surface area contributed by atoms with Gasteiger partial charge in [0.05, 0.1) is 4.90 Å². The molecule has 6 heteroatoms. The van der Waals surface area contributed by atoms with Crippen molar-refractivity contribution in [3.05, 3.63) is 102 Å². The van der Waals surface area contributed by atoms with Crippen LogP contribution in [0.4, 0.5) is 0 Å². The minimum Gasteiger partial charge on any atom is -0.334 e. The number of carbonyl (C=O) groups is 1. The Morgan fingerprint density at radius 1 is 0.774 bits per heavy atom. The number of rotatable bonds is 10. The number of aryl methyl sites for hydroxylation is 1. The zero-order chi connectivity index (χ0) is 22.1. The van der Waals surface area contributed by atoms with Crippen molar-refractivity contribution >= 4 is 15.9 Å². The summed E-state index contributed by atoms with van der Waals surface area (Å²) in [7, 11) is -3.47. The van der Waals surface area contributed by atoms with Crippen molar-refractivity contribution in [2.24, 2.45) is 0 Å². The SMILES string of the molecule is CCNS(=O)(=O)c1ccc(CCC(=O)N(Cc2ccccc2)Cc2ccccc2)cc1. The van der Waals surface area contributed by atoms with E-state index in [2.05, 4.69) is 4.72 Å². The maximum absolute atomic E-state index is 13.1. The molecule has 5 nitrogen and oxygen atoms in total. The fourth-order valence-corrected chi connectivity index (χ4v) is 4.40. The van der Waals surface area contributed by atoms with Crippen LogP contribution in [-0.2, 0) is 34.3 Å². The first-order valence-electron chi connectivity index (χ1n) is 10.4. The van der Waals surface area contributed by atoms with E-state index in [1.165, 1.54) is 0 Å². The molecule has 162 valence electrons. The number of carbonyl (C=O) groups excluding carboxylic acids is 1. The van der Waals surface area contributed by atoms with Crippen molar-refractivity contribution in [1.82, 2.24) is 9.62 Å². The van der Waals surface area contributed by atoms with E-state index in [0.717, 1.165) is 16.7 Å². The molecule has 0 heterocycles. The Morgan fingerprint density at radius 3 is 1.77 bits per heavy atom. The molecule has 3 aromatic carbocycles. The molecule has 3 aromatic rings. The number of amides is 1. The van der Waals surface area contributed by atoms with Crippen LogP contribution >= 0.6 is 0 Å². The van der Waals surface area contributed by atoms with Crippen molar-refractivity contribution in [3.63, 3.8) is 0 Å². The van der Waals surface area contributed by atoms with Gasteiger partial charge in [0, 0.05) is 26.1 Å². The lowest BCUT2D eigenvalue weighted by Crippen LogP contribution is -2.30. The first kappa shape index (κ1) is 22.7. The molecule has 0 aliphatic carbocycles. The smallest absolute Gasteiger partial charge is 0.240 e. The third-order valence-corrected chi connectivity index (χ3v) is 6.54. The zero-order valence-corrected chi connectivity index (χ0v) is 18.5. The molecule has 0 aromatic heterocycles. The predicted molar refractivity (Wildman–Crippen MR) is 123 cm³/mol. The van der Waals surface area contributed by atoms with E-state index in [0.29, 0.717) is 32.5 Å². The van der Waals surface area contributed by atoms with Crippen molar-refractivity contribution < 1.29 is 13.2 Å². The Labute approximate surface area is 184 Å². The quantitative estimate of drug-likeness (QED) is 0.519. The van der Waals surface area contributed by atoms with Gasteiger partial charge in [-0.25, -0.2) is 13.1 Å². The normalized spacial score (nSPS) is 11.3. The van der Waals surface area contributed by atoms with Crippen LogP contribution < -0.4 is 4.72 Å². The number of sulfonamides is 1. The number of benzene rings is 3.